The number of pyridine rings is 1. The minimum atomic E-state index is -4.81. The first-order chi connectivity index (χ1) is 17.3. The third kappa shape index (κ3) is 5.32. The molecule has 1 fully saturated rings. The molecule has 1 amide bonds. The molecule has 0 radical (unpaired) electrons. The van der Waals surface area contributed by atoms with Crippen molar-refractivity contribution in [3.05, 3.63) is 89.2 Å². The molecule has 1 aliphatic heterocycles. The highest BCUT2D eigenvalue weighted by molar-refractivity contribution is 6.30. The fraction of sp³-hybridized carbons (Fsp3) is 0.231. The molecule has 10 heteroatoms. The molecule has 0 N–H and O–H groups in total. The predicted octanol–water partition coefficient (Wildman–Crippen LogP) is 5.51. The topological polar surface area (TPSA) is 50.1 Å². The van der Waals surface area contributed by atoms with E-state index in [1.165, 1.54) is 18.2 Å². The van der Waals surface area contributed by atoms with Crippen LogP contribution in [0, 0.1) is 0 Å². The first-order valence-electron chi connectivity index (χ1n) is 11.4. The smallest absolute Gasteiger partial charge is 0.406 e. The van der Waals surface area contributed by atoms with E-state index in [4.69, 9.17) is 16.6 Å². The second kappa shape index (κ2) is 9.83. The minimum Gasteiger partial charge on any atom is -0.406 e. The van der Waals surface area contributed by atoms with Gasteiger partial charge in [0.15, 0.2) is 0 Å². The summed E-state index contributed by atoms with van der Waals surface area (Å²) in [7, 11) is 0. The molecule has 6 nitrogen and oxygen atoms in total. The van der Waals surface area contributed by atoms with Crippen molar-refractivity contribution in [2.45, 2.75) is 12.9 Å². The van der Waals surface area contributed by atoms with Gasteiger partial charge in [0.2, 0.25) is 0 Å². The Kier molecular flexibility index (Phi) is 6.59. The molecule has 186 valence electrons. The van der Waals surface area contributed by atoms with Crippen LogP contribution >= 0.6 is 11.6 Å². The molecule has 0 aliphatic carbocycles. The number of ether oxygens (including phenoxy) is 1. The lowest BCUT2D eigenvalue weighted by Gasteiger charge is -2.34. The lowest BCUT2D eigenvalue weighted by atomic mass is 10.1. The number of benzene rings is 2. The number of carbonyl (C=O) groups excluding carboxylic acids is 1. The summed E-state index contributed by atoms with van der Waals surface area (Å²) in [5.41, 5.74) is 3.87. The molecule has 2 aromatic carbocycles. The third-order valence-corrected chi connectivity index (χ3v) is 6.35. The molecule has 0 spiro atoms. The molecule has 0 atom stereocenters. The van der Waals surface area contributed by atoms with Gasteiger partial charge in [0, 0.05) is 55.1 Å². The molecule has 0 saturated carbocycles. The summed E-state index contributed by atoms with van der Waals surface area (Å²) in [6, 6.07) is 18.6. The van der Waals surface area contributed by atoms with E-state index in [1.54, 1.807) is 4.90 Å². The van der Waals surface area contributed by atoms with E-state index >= 15 is 0 Å². The van der Waals surface area contributed by atoms with Crippen LogP contribution in [0.4, 0.5) is 13.2 Å². The van der Waals surface area contributed by atoms with Gasteiger partial charge in [0.1, 0.15) is 11.4 Å². The van der Waals surface area contributed by atoms with Crippen LogP contribution in [0.25, 0.3) is 16.9 Å². The van der Waals surface area contributed by atoms with Gasteiger partial charge in [-0.25, -0.2) is 4.98 Å². The number of hydrogen-bond acceptors (Lipinski definition) is 4. The summed E-state index contributed by atoms with van der Waals surface area (Å²) in [5.74, 6) is -0.728. The number of fused-ring (bicyclic) bond motifs is 1. The van der Waals surface area contributed by atoms with E-state index in [1.807, 2.05) is 48.7 Å². The highest BCUT2D eigenvalue weighted by atomic mass is 35.5. The summed E-state index contributed by atoms with van der Waals surface area (Å²) in [4.78, 5) is 21.6. The van der Waals surface area contributed by atoms with Crippen molar-refractivity contribution in [1.29, 1.82) is 0 Å². The van der Waals surface area contributed by atoms with Gasteiger partial charge >= 0.3 is 6.36 Å². The van der Waals surface area contributed by atoms with Crippen molar-refractivity contribution in [3.63, 3.8) is 0 Å². The summed E-state index contributed by atoms with van der Waals surface area (Å²) < 4.78 is 43.6. The second-order valence-corrected chi connectivity index (χ2v) is 8.92. The van der Waals surface area contributed by atoms with Crippen molar-refractivity contribution in [3.8, 4) is 17.0 Å². The molecule has 0 bridgehead atoms. The number of aromatic nitrogens is 2. The summed E-state index contributed by atoms with van der Waals surface area (Å²) in [5, 5.41) is 0.653. The van der Waals surface area contributed by atoms with Crippen LogP contribution in [0.15, 0.2) is 72.9 Å². The summed E-state index contributed by atoms with van der Waals surface area (Å²) in [6.07, 6.45) is -2.83. The molecular weight excluding hydrogens is 493 g/mol. The van der Waals surface area contributed by atoms with Gasteiger partial charge < -0.3 is 14.0 Å². The number of imidazole rings is 1. The van der Waals surface area contributed by atoms with Crippen molar-refractivity contribution in [2.75, 3.05) is 26.2 Å². The van der Waals surface area contributed by atoms with Crippen molar-refractivity contribution >= 4 is 23.2 Å². The third-order valence-electron chi connectivity index (χ3n) is 6.09. The normalized spacial score (nSPS) is 14.8. The number of hydrogen-bond donors (Lipinski definition) is 0. The maximum absolute atomic E-state index is 12.9. The Balaban J connectivity index is 1.30. The lowest BCUT2D eigenvalue weighted by molar-refractivity contribution is -0.274. The fourth-order valence-corrected chi connectivity index (χ4v) is 4.49. The number of piperazine rings is 1. The molecule has 36 heavy (non-hydrogen) atoms. The zero-order chi connectivity index (χ0) is 25.3. The van der Waals surface area contributed by atoms with Crippen LogP contribution in [0.1, 0.15) is 16.1 Å². The molecule has 3 heterocycles. The largest absolute Gasteiger partial charge is 0.573 e. The van der Waals surface area contributed by atoms with Gasteiger partial charge in [-0.1, -0.05) is 35.9 Å². The zero-order valence-electron chi connectivity index (χ0n) is 19.1. The van der Waals surface area contributed by atoms with E-state index in [-0.39, 0.29) is 11.5 Å². The van der Waals surface area contributed by atoms with Crippen molar-refractivity contribution < 1.29 is 22.7 Å². The highest BCUT2D eigenvalue weighted by Crippen LogP contribution is 2.28. The van der Waals surface area contributed by atoms with Gasteiger partial charge in [0.25, 0.3) is 5.91 Å². The minimum absolute atomic E-state index is 0.164. The van der Waals surface area contributed by atoms with Gasteiger partial charge in [-0.05, 0) is 42.5 Å². The SMILES string of the molecule is O=C(c1cccc(OC(F)(F)F)c1)N1CCN(Cc2c(-c3ccc(Cl)cc3)nc3ccccn23)CC1. The first-order valence-corrected chi connectivity index (χ1v) is 11.7. The zero-order valence-corrected chi connectivity index (χ0v) is 19.8. The van der Waals surface area contributed by atoms with E-state index in [0.717, 1.165) is 28.7 Å². The summed E-state index contributed by atoms with van der Waals surface area (Å²) >= 11 is 6.07. The van der Waals surface area contributed by atoms with Crippen LogP contribution in [-0.2, 0) is 6.54 Å². The average Bonchev–Trinajstić information content (AvgIpc) is 3.22. The van der Waals surface area contributed by atoms with E-state index in [0.29, 0.717) is 37.7 Å². The van der Waals surface area contributed by atoms with Gasteiger partial charge in [-0.3, -0.25) is 9.69 Å². The van der Waals surface area contributed by atoms with E-state index < -0.39 is 12.1 Å². The Hall–Kier alpha value is -3.56. The number of amides is 1. The van der Waals surface area contributed by atoms with Gasteiger partial charge in [0.05, 0.1) is 11.4 Å². The maximum Gasteiger partial charge on any atom is 0.573 e. The van der Waals surface area contributed by atoms with Gasteiger partial charge in [-0.15, -0.1) is 13.2 Å². The maximum atomic E-state index is 12.9. The molecule has 4 aromatic rings. The quantitative estimate of drug-likeness (QED) is 0.352. The predicted molar refractivity (Wildman–Crippen MR) is 130 cm³/mol. The molecular formula is C26H22ClF3N4O2. The first kappa shape index (κ1) is 24.1. The average molecular weight is 515 g/mol. The van der Waals surface area contributed by atoms with E-state index in [2.05, 4.69) is 14.0 Å². The Morgan fingerprint density at radius 3 is 2.44 bits per heavy atom. The van der Waals surface area contributed by atoms with Crippen LogP contribution < -0.4 is 4.74 Å². The monoisotopic (exact) mass is 514 g/mol. The number of carbonyl (C=O) groups is 1. The number of halogens is 4. The Bertz CT molecular complexity index is 1380. The second-order valence-electron chi connectivity index (χ2n) is 8.49. The van der Waals surface area contributed by atoms with Crippen molar-refractivity contribution in [1.82, 2.24) is 19.2 Å². The van der Waals surface area contributed by atoms with Crippen LogP contribution in [0.3, 0.4) is 0 Å². The fourth-order valence-electron chi connectivity index (χ4n) is 4.37. The number of rotatable bonds is 5. The molecule has 0 unspecified atom stereocenters. The number of alkyl halides is 3. The molecule has 1 saturated heterocycles. The molecule has 1 aliphatic rings. The number of nitrogens with zero attached hydrogens (tertiary/aromatic N) is 4. The Labute approximate surface area is 210 Å². The summed E-state index contributed by atoms with van der Waals surface area (Å²) in [6.45, 7) is 2.77. The van der Waals surface area contributed by atoms with Crippen molar-refractivity contribution in [2.24, 2.45) is 0 Å². The standard InChI is InChI=1S/C26H22ClF3N4O2/c27-20-9-7-18(8-10-20)24-22(34-11-2-1-6-23(34)31-24)17-32-12-14-33(15-13-32)25(35)19-4-3-5-21(16-19)36-26(28,29)30/h1-11,16H,12-15,17H2. The van der Waals surface area contributed by atoms with E-state index in [9.17, 15) is 18.0 Å². The van der Waals surface area contributed by atoms with Crippen LogP contribution in [0.5, 0.6) is 5.75 Å². The van der Waals surface area contributed by atoms with Crippen LogP contribution in [0.2, 0.25) is 5.02 Å². The highest BCUT2D eigenvalue weighted by Gasteiger charge is 2.31. The lowest BCUT2D eigenvalue weighted by Crippen LogP contribution is -2.48. The molecule has 5 rings (SSSR count). The Morgan fingerprint density at radius 2 is 1.72 bits per heavy atom. The molecule has 2 aromatic heterocycles. The van der Waals surface area contributed by atoms with Gasteiger partial charge in [-0.2, -0.15) is 0 Å². The van der Waals surface area contributed by atoms with Crippen LogP contribution in [-0.4, -0.2) is 57.6 Å². The Morgan fingerprint density at radius 1 is 0.972 bits per heavy atom.